The van der Waals surface area contributed by atoms with Crippen LogP contribution in [0.1, 0.15) is 71.6 Å². The van der Waals surface area contributed by atoms with Crippen molar-refractivity contribution in [1.82, 2.24) is 0 Å². The van der Waals surface area contributed by atoms with Crippen molar-refractivity contribution in [3.63, 3.8) is 0 Å². The van der Waals surface area contributed by atoms with Gasteiger partial charge >= 0.3 is 5.97 Å². The maximum atomic E-state index is 11.9. The minimum Gasteiger partial charge on any atom is -0.458 e. The molecule has 0 aromatic heterocycles. The van der Waals surface area contributed by atoms with Gasteiger partial charge in [-0.15, -0.1) is 0 Å². The minimum absolute atomic E-state index is 0.0244. The van der Waals surface area contributed by atoms with Gasteiger partial charge in [-0.1, -0.05) is 19.4 Å². The Bertz CT molecular complexity index is 664. The monoisotopic (exact) mass is 342 g/mol. The third-order valence-corrected chi connectivity index (χ3v) is 8.93. The Hall–Kier alpha value is -1.12. The molecule has 0 amide bonds. The Morgan fingerprint density at radius 1 is 1.08 bits per heavy atom. The Morgan fingerprint density at radius 2 is 1.92 bits per heavy atom. The lowest BCUT2D eigenvalue weighted by Crippen LogP contribution is -2.55. The number of rotatable bonds is 0. The second kappa shape index (κ2) is 5.20. The van der Waals surface area contributed by atoms with Gasteiger partial charge in [0.2, 0.25) is 0 Å². The van der Waals surface area contributed by atoms with Crippen LogP contribution in [0.5, 0.6) is 0 Å². The number of carbonyl (C=O) groups is 2. The van der Waals surface area contributed by atoms with Gasteiger partial charge in [0, 0.05) is 18.3 Å². The van der Waals surface area contributed by atoms with Crippen molar-refractivity contribution in [3.05, 3.63) is 11.6 Å². The molecule has 136 valence electrons. The Labute approximate surface area is 150 Å². The average molecular weight is 342 g/mol. The lowest BCUT2D eigenvalue weighted by molar-refractivity contribution is -0.170. The van der Waals surface area contributed by atoms with E-state index in [1.54, 1.807) is 0 Å². The molecule has 5 unspecified atom stereocenters. The van der Waals surface area contributed by atoms with Crippen molar-refractivity contribution in [1.29, 1.82) is 0 Å². The van der Waals surface area contributed by atoms with Crippen LogP contribution in [0.2, 0.25) is 0 Å². The molecule has 25 heavy (non-hydrogen) atoms. The van der Waals surface area contributed by atoms with Gasteiger partial charge in [-0.2, -0.15) is 0 Å². The Balaban J connectivity index is 1.50. The molecule has 5 rings (SSSR count). The molecule has 4 fully saturated rings. The molecule has 0 aromatic carbocycles. The van der Waals surface area contributed by atoms with Gasteiger partial charge in [0.05, 0.1) is 0 Å². The second-order valence-corrected chi connectivity index (χ2v) is 9.82. The molecular formula is C22H30O3. The second-order valence-electron chi connectivity index (χ2n) is 9.82. The van der Waals surface area contributed by atoms with Crippen LogP contribution in [0.25, 0.3) is 0 Å². The molecule has 0 N–H and O–H groups in total. The standard InChI is InChI=1S/C22H30O3/c1-13-12-21(2)18(7-9-22(21)10-8-19(24)25-22)17-5-3-14-11-15(23)4-6-16(14)20(13)17/h11,13,16-18,20H,3-10,12H2,1-2H3/t13?,16?,17?,18?,20?,21-,22-/m0/s1. The highest BCUT2D eigenvalue weighted by molar-refractivity contribution is 5.91. The topological polar surface area (TPSA) is 43.4 Å². The van der Waals surface area contributed by atoms with Crippen LogP contribution in [0, 0.1) is 35.0 Å². The first-order chi connectivity index (χ1) is 11.9. The lowest BCUT2D eigenvalue weighted by Gasteiger charge is -2.58. The normalized spacial score (nSPS) is 51.6. The lowest BCUT2D eigenvalue weighted by atomic mass is 9.47. The quantitative estimate of drug-likeness (QED) is 0.611. The fourth-order valence-corrected chi connectivity index (χ4v) is 8.04. The molecule has 0 aromatic rings. The van der Waals surface area contributed by atoms with Crippen LogP contribution >= 0.6 is 0 Å². The molecular weight excluding hydrogens is 312 g/mol. The fraction of sp³-hybridized carbons (Fsp3) is 0.818. The SMILES string of the molecule is CC1C[C@@]2(C)C(CC[C@]23CCC(=O)O3)C2CCC3=CC(=O)CCC3C12. The van der Waals surface area contributed by atoms with Gasteiger partial charge in [0.1, 0.15) is 5.60 Å². The summed E-state index contributed by atoms with van der Waals surface area (Å²) in [5.41, 5.74) is 1.44. The van der Waals surface area contributed by atoms with E-state index in [1.807, 2.05) is 6.08 Å². The summed E-state index contributed by atoms with van der Waals surface area (Å²) >= 11 is 0. The molecule has 1 saturated heterocycles. The average Bonchev–Trinajstić information content (AvgIpc) is 3.08. The van der Waals surface area contributed by atoms with Gasteiger partial charge in [-0.05, 0) is 80.6 Å². The van der Waals surface area contributed by atoms with Crippen LogP contribution in [-0.2, 0) is 14.3 Å². The van der Waals surface area contributed by atoms with Gasteiger partial charge in [0.15, 0.2) is 5.78 Å². The molecule has 0 radical (unpaired) electrons. The van der Waals surface area contributed by atoms with Crippen LogP contribution < -0.4 is 0 Å². The molecule has 0 bridgehead atoms. The summed E-state index contributed by atoms with van der Waals surface area (Å²) in [5, 5.41) is 0. The van der Waals surface area contributed by atoms with Gasteiger partial charge < -0.3 is 4.74 Å². The van der Waals surface area contributed by atoms with Crippen LogP contribution in [0.3, 0.4) is 0 Å². The zero-order chi connectivity index (χ0) is 17.4. The van der Waals surface area contributed by atoms with E-state index in [-0.39, 0.29) is 17.0 Å². The first-order valence-electron chi connectivity index (χ1n) is 10.4. The largest absolute Gasteiger partial charge is 0.458 e. The summed E-state index contributed by atoms with van der Waals surface area (Å²) in [4.78, 5) is 23.8. The highest BCUT2D eigenvalue weighted by Crippen LogP contribution is 2.68. The third-order valence-electron chi connectivity index (χ3n) is 8.93. The van der Waals surface area contributed by atoms with Crippen LogP contribution in [-0.4, -0.2) is 17.4 Å². The van der Waals surface area contributed by atoms with Gasteiger partial charge in [-0.25, -0.2) is 0 Å². The van der Waals surface area contributed by atoms with E-state index in [2.05, 4.69) is 13.8 Å². The maximum absolute atomic E-state index is 11.9. The number of esters is 1. The number of carbonyl (C=O) groups excluding carboxylic acids is 2. The fourth-order valence-electron chi connectivity index (χ4n) is 8.04. The van der Waals surface area contributed by atoms with Crippen LogP contribution in [0.4, 0.5) is 0 Å². The first kappa shape index (κ1) is 16.1. The van der Waals surface area contributed by atoms with Gasteiger partial charge in [0.25, 0.3) is 0 Å². The minimum atomic E-state index is -0.174. The number of ketones is 1. The predicted molar refractivity (Wildman–Crippen MR) is 94.7 cm³/mol. The molecule has 7 atom stereocenters. The van der Waals surface area contributed by atoms with E-state index in [0.717, 1.165) is 43.9 Å². The van der Waals surface area contributed by atoms with Crippen molar-refractivity contribution >= 4 is 11.8 Å². The molecule has 1 heterocycles. The maximum Gasteiger partial charge on any atom is 0.306 e. The summed E-state index contributed by atoms with van der Waals surface area (Å²) < 4.78 is 6.04. The van der Waals surface area contributed by atoms with E-state index in [4.69, 9.17) is 4.74 Å². The van der Waals surface area contributed by atoms with E-state index in [9.17, 15) is 9.59 Å². The molecule has 1 spiro atoms. The molecule has 3 nitrogen and oxygen atoms in total. The predicted octanol–water partition coefficient (Wildman–Crippen LogP) is 4.45. The Morgan fingerprint density at radius 3 is 2.68 bits per heavy atom. The summed E-state index contributed by atoms with van der Waals surface area (Å²) in [6, 6.07) is 0. The summed E-state index contributed by atoms with van der Waals surface area (Å²) in [7, 11) is 0. The van der Waals surface area contributed by atoms with E-state index in [0.29, 0.717) is 30.0 Å². The molecule has 5 aliphatic rings. The van der Waals surface area contributed by atoms with Crippen molar-refractivity contribution in [2.75, 3.05) is 0 Å². The van der Waals surface area contributed by atoms with E-state index < -0.39 is 0 Å². The first-order valence-corrected chi connectivity index (χ1v) is 10.4. The molecule has 3 heteroatoms. The number of hydrogen-bond acceptors (Lipinski definition) is 3. The summed E-state index contributed by atoms with van der Waals surface area (Å²) in [6.07, 6.45) is 11.2. The van der Waals surface area contributed by atoms with Crippen molar-refractivity contribution in [3.8, 4) is 0 Å². The third kappa shape index (κ3) is 2.04. The zero-order valence-corrected chi connectivity index (χ0v) is 15.6. The van der Waals surface area contributed by atoms with Crippen molar-refractivity contribution in [2.24, 2.45) is 35.0 Å². The number of ether oxygens (including phenoxy) is 1. The molecule has 3 saturated carbocycles. The Kier molecular flexibility index (Phi) is 3.35. The van der Waals surface area contributed by atoms with Crippen molar-refractivity contribution in [2.45, 2.75) is 77.2 Å². The van der Waals surface area contributed by atoms with Crippen LogP contribution in [0.15, 0.2) is 11.6 Å². The zero-order valence-electron chi connectivity index (χ0n) is 15.6. The van der Waals surface area contributed by atoms with E-state index in [1.165, 1.54) is 24.8 Å². The van der Waals surface area contributed by atoms with Gasteiger partial charge in [-0.3, -0.25) is 9.59 Å². The number of fused-ring (bicyclic) bond motifs is 6. The van der Waals surface area contributed by atoms with Crippen molar-refractivity contribution < 1.29 is 14.3 Å². The summed E-state index contributed by atoms with van der Waals surface area (Å²) in [6.45, 7) is 4.87. The van der Waals surface area contributed by atoms with E-state index >= 15 is 0 Å². The molecule has 1 aliphatic heterocycles. The molecule has 4 aliphatic carbocycles. The highest BCUT2D eigenvalue weighted by Gasteiger charge is 2.67. The number of allylic oxidation sites excluding steroid dienone is 1. The smallest absolute Gasteiger partial charge is 0.306 e. The highest BCUT2D eigenvalue weighted by atomic mass is 16.6. The number of hydrogen-bond donors (Lipinski definition) is 0. The summed E-state index contributed by atoms with van der Waals surface area (Å²) in [5.74, 6) is 3.84.